The quantitative estimate of drug-likeness (QED) is 0.674. The number of hydrogen-bond acceptors (Lipinski definition) is 4. The molecule has 0 aliphatic carbocycles. The minimum Gasteiger partial charge on any atom is -0.333 e. The molecule has 1 saturated heterocycles. The van der Waals surface area contributed by atoms with Crippen LogP contribution in [0.3, 0.4) is 0 Å². The molecule has 2 unspecified atom stereocenters. The third-order valence-electron chi connectivity index (χ3n) is 2.94. The van der Waals surface area contributed by atoms with Gasteiger partial charge in [-0.15, -0.1) is 0 Å². The number of fused-ring (bicyclic) bond motifs is 1. The van der Waals surface area contributed by atoms with Crippen LogP contribution >= 0.6 is 0 Å². The van der Waals surface area contributed by atoms with Gasteiger partial charge in [0.1, 0.15) is 5.84 Å². The van der Waals surface area contributed by atoms with Crippen LogP contribution in [0, 0.1) is 0 Å². The second kappa shape index (κ2) is 3.78. The Morgan fingerprint density at radius 1 is 1.53 bits per heavy atom. The first-order chi connectivity index (χ1) is 7.80. The van der Waals surface area contributed by atoms with Crippen LogP contribution in [-0.2, 0) is 4.79 Å². The second-order valence-corrected chi connectivity index (χ2v) is 4.26. The van der Waals surface area contributed by atoms with E-state index in [1.807, 2.05) is 0 Å². The van der Waals surface area contributed by atoms with Gasteiger partial charge in [-0.1, -0.05) is 0 Å². The number of alkyl halides is 3. The van der Waals surface area contributed by atoms with Gasteiger partial charge in [-0.3, -0.25) is 10.2 Å². The Morgan fingerprint density at radius 2 is 2.18 bits per heavy atom. The molecule has 2 aliphatic rings. The van der Waals surface area contributed by atoms with Gasteiger partial charge in [-0.05, 0) is 6.92 Å². The number of rotatable bonds is 0. The molecule has 0 aromatic carbocycles. The van der Waals surface area contributed by atoms with Crippen molar-refractivity contribution in [3.8, 4) is 0 Å². The fourth-order valence-corrected chi connectivity index (χ4v) is 2.14. The highest BCUT2D eigenvalue weighted by Crippen LogP contribution is 2.29. The summed E-state index contributed by atoms with van der Waals surface area (Å²) in [4.78, 5) is 13.9. The summed E-state index contributed by atoms with van der Waals surface area (Å²) < 4.78 is 38.1. The van der Waals surface area contributed by atoms with E-state index < -0.39 is 18.4 Å². The molecule has 1 fully saturated rings. The Hall–Kier alpha value is -1.47. The first kappa shape index (κ1) is 12.0. The van der Waals surface area contributed by atoms with Gasteiger partial charge in [0, 0.05) is 19.5 Å². The summed E-state index contributed by atoms with van der Waals surface area (Å²) in [7, 11) is 0. The summed E-state index contributed by atoms with van der Waals surface area (Å²) >= 11 is 0. The molecule has 2 rings (SSSR count). The van der Waals surface area contributed by atoms with Crippen molar-refractivity contribution in [1.29, 1.82) is 0 Å². The summed E-state index contributed by atoms with van der Waals surface area (Å²) in [5.41, 5.74) is 2.08. The van der Waals surface area contributed by atoms with E-state index in [1.54, 1.807) is 6.92 Å². The average Bonchev–Trinajstić information content (AvgIpc) is 2.60. The lowest BCUT2D eigenvalue weighted by atomic mass is 10.1. The summed E-state index contributed by atoms with van der Waals surface area (Å²) in [5, 5.41) is 3.67. The smallest absolute Gasteiger partial charge is 0.333 e. The van der Waals surface area contributed by atoms with Crippen LogP contribution < -0.4 is 5.43 Å². The van der Waals surface area contributed by atoms with E-state index >= 15 is 0 Å². The molecule has 0 spiro atoms. The molecular weight excluding hydrogens is 237 g/mol. The highest BCUT2D eigenvalue weighted by Gasteiger charge is 2.51. The fraction of sp³-hybridized carbons (Fsp3) is 0.778. The van der Waals surface area contributed by atoms with Gasteiger partial charge < -0.3 is 9.80 Å². The zero-order chi connectivity index (χ0) is 12.8. The third kappa shape index (κ3) is 2.03. The minimum absolute atomic E-state index is 0.124. The van der Waals surface area contributed by atoms with Gasteiger partial charge in [0.05, 0.1) is 6.54 Å². The summed E-state index contributed by atoms with van der Waals surface area (Å²) in [6.45, 7) is 3.45. The molecule has 1 amide bonds. The molecule has 17 heavy (non-hydrogen) atoms. The van der Waals surface area contributed by atoms with E-state index in [4.69, 9.17) is 0 Å². The van der Waals surface area contributed by atoms with E-state index in [0.29, 0.717) is 0 Å². The lowest BCUT2D eigenvalue weighted by Gasteiger charge is -2.41. The molecule has 0 bridgehead atoms. The fourth-order valence-electron chi connectivity index (χ4n) is 2.14. The number of piperazine rings is 1. The standard InChI is InChI=1S/C9H13F3N4O/c1-5-3-15(6(2)17)4-7-13-14-8(16(5)7)9(10,11)12/h5,8,14H,3-4H2,1-2H3. The summed E-state index contributed by atoms with van der Waals surface area (Å²) in [6.07, 6.45) is -6.15. The molecule has 0 aromatic rings. The average molecular weight is 250 g/mol. The second-order valence-electron chi connectivity index (χ2n) is 4.26. The lowest BCUT2D eigenvalue weighted by Crippen LogP contribution is -2.61. The van der Waals surface area contributed by atoms with Crippen molar-refractivity contribution in [3.63, 3.8) is 0 Å². The molecule has 0 saturated carbocycles. The van der Waals surface area contributed by atoms with E-state index in [-0.39, 0.29) is 24.8 Å². The number of halogens is 3. The SMILES string of the molecule is CC(=O)N1CC2=NNC(C(F)(F)F)N2C(C)C1. The Labute approximate surface area is 96.2 Å². The van der Waals surface area contributed by atoms with Crippen LogP contribution in [0.15, 0.2) is 5.10 Å². The zero-order valence-corrected chi connectivity index (χ0v) is 9.45. The number of nitrogens with zero attached hydrogens (tertiary/aromatic N) is 3. The van der Waals surface area contributed by atoms with Crippen molar-refractivity contribution >= 4 is 11.7 Å². The minimum atomic E-state index is -4.38. The highest BCUT2D eigenvalue weighted by molar-refractivity contribution is 5.90. The first-order valence-electron chi connectivity index (χ1n) is 5.23. The predicted octanol–water partition coefficient (Wildman–Crippen LogP) is 0.344. The molecule has 0 radical (unpaired) electrons. The maximum Gasteiger partial charge on any atom is 0.428 e. The van der Waals surface area contributed by atoms with Crippen molar-refractivity contribution in [1.82, 2.24) is 15.2 Å². The predicted molar refractivity (Wildman–Crippen MR) is 54.0 cm³/mol. The van der Waals surface area contributed by atoms with Crippen LogP contribution in [-0.4, -0.2) is 53.0 Å². The van der Waals surface area contributed by atoms with Gasteiger partial charge in [-0.25, -0.2) is 0 Å². The molecule has 2 aliphatic heterocycles. The molecular formula is C9H13F3N4O. The molecule has 1 N–H and O–H groups in total. The van der Waals surface area contributed by atoms with Crippen LogP contribution in [0.25, 0.3) is 0 Å². The number of nitrogens with one attached hydrogen (secondary N) is 1. The Kier molecular flexibility index (Phi) is 2.67. The van der Waals surface area contributed by atoms with Crippen LogP contribution in [0.2, 0.25) is 0 Å². The molecule has 2 atom stereocenters. The van der Waals surface area contributed by atoms with Gasteiger partial charge in [-0.2, -0.15) is 18.3 Å². The van der Waals surface area contributed by atoms with Crippen LogP contribution in [0.5, 0.6) is 0 Å². The summed E-state index contributed by atoms with van der Waals surface area (Å²) in [6, 6.07) is -0.409. The Balaban J connectivity index is 2.18. The monoisotopic (exact) mass is 250 g/mol. The van der Waals surface area contributed by atoms with Gasteiger partial charge in [0.25, 0.3) is 0 Å². The largest absolute Gasteiger partial charge is 0.428 e. The molecule has 0 aromatic heterocycles. The Bertz CT molecular complexity index is 368. The maximum atomic E-state index is 12.7. The van der Waals surface area contributed by atoms with Crippen molar-refractivity contribution in [3.05, 3.63) is 0 Å². The van der Waals surface area contributed by atoms with Gasteiger partial charge in [0.15, 0.2) is 0 Å². The third-order valence-corrected chi connectivity index (χ3v) is 2.94. The highest BCUT2D eigenvalue weighted by atomic mass is 19.4. The lowest BCUT2D eigenvalue weighted by molar-refractivity contribution is -0.183. The zero-order valence-electron chi connectivity index (χ0n) is 9.45. The van der Waals surface area contributed by atoms with Crippen LogP contribution in [0.1, 0.15) is 13.8 Å². The normalized spacial score (nSPS) is 28.6. The number of carbonyl (C=O) groups is 1. The van der Waals surface area contributed by atoms with Gasteiger partial charge >= 0.3 is 6.18 Å². The van der Waals surface area contributed by atoms with E-state index in [9.17, 15) is 18.0 Å². The molecule has 5 nitrogen and oxygen atoms in total. The van der Waals surface area contributed by atoms with Crippen molar-refractivity contribution < 1.29 is 18.0 Å². The van der Waals surface area contributed by atoms with Crippen molar-refractivity contribution in [2.24, 2.45) is 5.10 Å². The molecule has 8 heteroatoms. The van der Waals surface area contributed by atoms with Gasteiger partial charge in [0.2, 0.25) is 12.1 Å². The number of carbonyl (C=O) groups excluding carboxylic acids is 1. The maximum absolute atomic E-state index is 12.7. The molecule has 96 valence electrons. The van der Waals surface area contributed by atoms with E-state index in [1.165, 1.54) is 16.7 Å². The Morgan fingerprint density at radius 3 is 2.71 bits per heavy atom. The molecule has 2 heterocycles. The van der Waals surface area contributed by atoms with Crippen molar-refractivity contribution in [2.45, 2.75) is 32.2 Å². The van der Waals surface area contributed by atoms with E-state index in [2.05, 4.69) is 10.5 Å². The number of amides is 1. The number of hydrogen-bond donors (Lipinski definition) is 1. The summed E-state index contributed by atoms with van der Waals surface area (Å²) in [5.74, 6) is 0.107. The number of hydrazone groups is 1. The first-order valence-corrected chi connectivity index (χ1v) is 5.23. The number of amidine groups is 1. The van der Waals surface area contributed by atoms with E-state index in [0.717, 1.165) is 0 Å². The van der Waals surface area contributed by atoms with Crippen molar-refractivity contribution in [2.75, 3.05) is 13.1 Å². The van der Waals surface area contributed by atoms with Crippen LogP contribution in [0.4, 0.5) is 13.2 Å². The topological polar surface area (TPSA) is 47.9 Å².